The number of alkyl halides is 3. The van der Waals surface area contributed by atoms with Gasteiger partial charge in [0, 0.05) is 38.4 Å². The Kier molecular flexibility index (Phi) is 6.48. The molecule has 0 aromatic heterocycles. The van der Waals surface area contributed by atoms with E-state index in [4.69, 9.17) is 4.74 Å². The van der Waals surface area contributed by atoms with Crippen LogP contribution < -0.4 is 5.32 Å². The van der Waals surface area contributed by atoms with Gasteiger partial charge in [0.2, 0.25) is 5.91 Å². The van der Waals surface area contributed by atoms with Gasteiger partial charge in [-0.3, -0.25) is 4.79 Å². The summed E-state index contributed by atoms with van der Waals surface area (Å²) in [6.07, 6.45) is -3.99. The molecule has 1 N–H and O–H groups in total. The molecule has 1 aliphatic rings. The molecule has 1 amide bonds. The second-order valence-electron chi connectivity index (χ2n) is 4.72. The molecule has 0 spiro atoms. The topological polar surface area (TPSA) is 41.6 Å². The number of nitrogens with one attached hydrogen (secondary N) is 1. The number of halogens is 3. The van der Waals surface area contributed by atoms with E-state index in [1.54, 1.807) is 6.92 Å². The second-order valence-corrected chi connectivity index (χ2v) is 4.72. The van der Waals surface area contributed by atoms with Crippen molar-refractivity contribution in [1.29, 1.82) is 0 Å². The van der Waals surface area contributed by atoms with Gasteiger partial charge >= 0.3 is 6.18 Å². The van der Waals surface area contributed by atoms with Crippen molar-refractivity contribution in [3.8, 4) is 0 Å². The summed E-state index contributed by atoms with van der Waals surface area (Å²) >= 11 is 0. The zero-order valence-corrected chi connectivity index (χ0v) is 11.8. The van der Waals surface area contributed by atoms with Gasteiger partial charge < -0.3 is 15.0 Å². The fourth-order valence-corrected chi connectivity index (χ4v) is 1.87. The van der Waals surface area contributed by atoms with Crippen molar-refractivity contribution >= 4 is 5.91 Å². The van der Waals surface area contributed by atoms with Crippen molar-refractivity contribution in [2.45, 2.75) is 26.4 Å². The van der Waals surface area contributed by atoms with Crippen LogP contribution in [0.4, 0.5) is 13.2 Å². The van der Waals surface area contributed by atoms with Crippen LogP contribution in [-0.4, -0.2) is 56.4 Å². The number of carbonyl (C=O) groups is 1. The first-order valence-electron chi connectivity index (χ1n) is 6.68. The Morgan fingerprint density at radius 3 is 2.50 bits per heavy atom. The van der Waals surface area contributed by atoms with E-state index >= 15 is 0 Å². The Bertz CT molecular complexity index is 361. The molecule has 0 atom stereocenters. The third-order valence-corrected chi connectivity index (χ3v) is 3.11. The number of nitrogens with zero attached hydrogens (tertiary/aromatic N) is 1. The minimum atomic E-state index is -4.38. The van der Waals surface area contributed by atoms with Gasteiger partial charge in [0.1, 0.15) is 6.54 Å². The van der Waals surface area contributed by atoms with Crippen molar-refractivity contribution in [2.75, 3.05) is 39.4 Å². The highest BCUT2D eigenvalue weighted by molar-refractivity contribution is 5.94. The highest BCUT2D eigenvalue weighted by Gasteiger charge is 2.33. The van der Waals surface area contributed by atoms with Crippen LogP contribution in [0.15, 0.2) is 11.1 Å². The largest absolute Gasteiger partial charge is 0.406 e. The van der Waals surface area contributed by atoms with E-state index in [2.05, 4.69) is 5.32 Å². The first kappa shape index (κ1) is 17.0. The van der Waals surface area contributed by atoms with Crippen LogP contribution in [0.2, 0.25) is 0 Å². The van der Waals surface area contributed by atoms with Crippen molar-refractivity contribution in [2.24, 2.45) is 0 Å². The van der Waals surface area contributed by atoms with E-state index in [1.165, 1.54) is 0 Å². The molecule has 0 radical (unpaired) electrons. The molecule has 0 aliphatic carbocycles. The summed E-state index contributed by atoms with van der Waals surface area (Å²) in [5, 5.41) is 2.97. The minimum Gasteiger partial charge on any atom is -0.382 e. The lowest BCUT2D eigenvalue weighted by molar-refractivity contribution is -0.159. The molecule has 1 saturated heterocycles. The van der Waals surface area contributed by atoms with Gasteiger partial charge in [-0.25, -0.2) is 0 Å². The minimum absolute atomic E-state index is 0.0520. The molecule has 0 aromatic carbocycles. The van der Waals surface area contributed by atoms with Gasteiger partial charge in [0.15, 0.2) is 0 Å². The first-order chi connectivity index (χ1) is 9.35. The molecule has 0 saturated carbocycles. The van der Waals surface area contributed by atoms with E-state index in [9.17, 15) is 18.0 Å². The Balaban J connectivity index is 2.63. The van der Waals surface area contributed by atoms with Crippen molar-refractivity contribution < 1.29 is 22.7 Å². The molecule has 1 rings (SSSR count). The van der Waals surface area contributed by atoms with Gasteiger partial charge in [-0.05, 0) is 25.8 Å². The predicted octanol–water partition coefficient (Wildman–Crippen LogP) is 1.72. The highest BCUT2D eigenvalue weighted by atomic mass is 19.4. The maximum absolute atomic E-state index is 12.5. The Morgan fingerprint density at radius 1 is 1.40 bits per heavy atom. The van der Waals surface area contributed by atoms with E-state index in [1.807, 2.05) is 6.92 Å². The molecule has 1 heterocycles. The first-order valence-corrected chi connectivity index (χ1v) is 6.68. The van der Waals surface area contributed by atoms with Gasteiger partial charge in [0.05, 0.1) is 0 Å². The summed E-state index contributed by atoms with van der Waals surface area (Å²) in [4.78, 5) is 13.0. The van der Waals surface area contributed by atoms with Crippen molar-refractivity contribution in [3.63, 3.8) is 0 Å². The Morgan fingerprint density at radius 2 is 2.05 bits per heavy atom. The molecule has 0 aromatic rings. The number of amides is 1. The summed E-state index contributed by atoms with van der Waals surface area (Å²) in [6.45, 7) is 4.28. The molecule has 7 heteroatoms. The Labute approximate surface area is 117 Å². The van der Waals surface area contributed by atoms with Crippen LogP contribution in [0.1, 0.15) is 20.3 Å². The summed E-state index contributed by atoms with van der Waals surface area (Å²) in [7, 11) is 0. The van der Waals surface area contributed by atoms with Gasteiger partial charge in [-0.1, -0.05) is 0 Å². The molecular formula is C13H21F3N2O2. The van der Waals surface area contributed by atoms with E-state index in [-0.39, 0.29) is 6.54 Å². The van der Waals surface area contributed by atoms with Crippen molar-refractivity contribution in [3.05, 3.63) is 11.1 Å². The monoisotopic (exact) mass is 294 g/mol. The molecule has 1 aliphatic heterocycles. The number of hydrogen-bond acceptors (Lipinski definition) is 3. The smallest absolute Gasteiger partial charge is 0.382 e. The van der Waals surface area contributed by atoms with Crippen LogP contribution in [-0.2, 0) is 9.53 Å². The second kappa shape index (κ2) is 7.64. The van der Waals surface area contributed by atoms with E-state index in [0.717, 1.165) is 10.5 Å². The maximum Gasteiger partial charge on any atom is 0.406 e. The fourth-order valence-electron chi connectivity index (χ4n) is 1.87. The lowest BCUT2D eigenvalue weighted by Gasteiger charge is -2.27. The molecular weight excluding hydrogens is 273 g/mol. The van der Waals surface area contributed by atoms with Crippen LogP contribution in [0, 0.1) is 0 Å². The number of carbonyl (C=O) groups excluding carboxylic acids is 1. The highest BCUT2D eigenvalue weighted by Crippen LogP contribution is 2.19. The maximum atomic E-state index is 12.5. The van der Waals surface area contributed by atoms with Gasteiger partial charge in [-0.2, -0.15) is 13.2 Å². The van der Waals surface area contributed by atoms with Crippen LogP contribution >= 0.6 is 0 Å². The van der Waals surface area contributed by atoms with Crippen LogP contribution in [0.5, 0.6) is 0 Å². The quantitative estimate of drug-likeness (QED) is 0.574. The third kappa shape index (κ3) is 5.50. The summed E-state index contributed by atoms with van der Waals surface area (Å²) < 4.78 is 42.7. The standard InChI is InChI=1S/C13H21F3N2O2/c1-3-20-6-4-5-18(9-13(14,15)16)12(19)10(2)11-7-17-8-11/h17H,3-9H2,1-2H3. The van der Waals surface area contributed by atoms with E-state index in [0.29, 0.717) is 38.3 Å². The van der Waals surface area contributed by atoms with E-state index < -0.39 is 18.6 Å². The Hall–Kier alpha value is -1.08. The summed E-state index contributed by atoms with van der Waals surface area (Å²) in [6, 6.07) is 0. The molecule has 0 unspecified atom stereocenters. The summed E-state index contributed by atoms with van der Waals surface area (Å²) in [5.74, 6) is -0.532. The SMILES string of the molecule is CCOCCCN(CC(F)(F)F)C(=O)C(C)=C1CNC1. The normalized spacial score (nSPS) is 14.9. The van der Waals surface area contributed by atoms with Crippen LogP contribution in [0.3, 0.4) is 0 Å². The number of rotatable bonds is 7. The van der Waals surface area contributed by atoms with Crippen molar-refractivity contribution in [1.82, 2.24) is 10.2 Å². The average molecular weight is 294 g/mol. The molecule has 20 heavy (non-hydrogen) atoms. The van der Waals surface area contributed by atoms with Crippen LogP contribution in [0.25, 0.3) is 0 Å². The molecule has 116 valence electrons. The number of ether oxygens (including phenoxy) is 1. The predicted molar refractivity (Wildman–Crippen MR) is 69.3 cm³/mol. The number of hydrogen-bond donors (Lipinski definition) is 1. The van der Waals surface area contributed by atoms with Gasteiger partial charge in [0.25, 0.3) is 0 Å². The molecule has 4 nitrogen and oxygen atoms in total. The lowest BCUT2D eigenvalue weighted by Crippen LogP contribution is -2.43. The fraction of sp³-hybridized carbons (Fsp3) is 0.769. The third-order valence-electron chi connectivity index (χ3n) is 3.11. The average Bonchev–Trinajstić information content (AvgIpc) is 2.28. The lowest BCUT2D eigenvalue weighted by atomic mass is 10.0. The molecule has 0 bridgehead atoms. The zero-order chi connectivity index (χ0) is 15.2. The van der Waals surface area contributed by atoms with Gasteiger partial charge in [-0.15, -0.1) is 0 Å². The summed E-state index contributed by atoms with van der Waals surface area (Å²) in [5.41, 5.74) is 1.30. The zero-order valence-electron chi connectivity index (χ0n) is 11.8. The molecule has 1 fully saturated rings.